The zero-order valence-electron chi connectivity index (χ0n) is 7.07. The Kier molecular flexibility index (Phi) is 4.04. The number of nitrogens with zero attached hydrogens (tertiary/aromatic N) is 1. The second-order valence-electron chi connectivity index (χ2n) is 3.07. The van der Waals surface area contributed by atoms with Gasteiger partial charge in [0, 0.05) is 5.92 Å². The van der Waals surface area contributed by atoms with Crippen LogP contribution in [0.1, 0.15) is 22.6 Å². The van der Waals surface area contributed by atoms with E-state index in [0.717, 1.165) is 24.0 Å². The van der Waals surface area contributed by atoms with Gasteiger partial charge in [0.05, 0.1) is 6.07 Å². The van der Waals surface area contributed by atoms with Crippen molar-refractivity contribution in [2.24, 2.45) is 0 Å². The molecule has 0 amide bonds. The summed E-state index contributed by atoms with van der Waals surface area (Å²) in [5.74, 6) is 0.120. The van der Waals surface area contributed by atoms with Crippen molar-refractivity contribution in [1.82, 2.24) is 0 Å². The molecule has 1 nitrogen and oxygen atoms in total. The van der Waals surface area contributed by atoms with E-state index in [-0.39, 0.29) is 52.8 Å². The summed E-state index contributed by atoms with van der Waals surface area (Å²) in [6.45, 7) is 3.79. The molecule has 1 aromatic carbocycles. The van der Waals surface area contributed by atoms with Gasteiger partial charge in [-0.25, -0.2) is 0 Å². The van der Waals surface area contributed by atoms with Crippen molar-refractivity contribution in [3.8, 4) is 6.07 Å². The van der Waals surface area contributed by atoms with Crippen LogP contribution in [0.25, 0.3) is 0 Å². The Bertz CT molecular complexity index is 352. The molecular weight excluding hydrogens is 319 g/mol. The third kappa shape index (κ3) is 2.01. The maximum atomic E-state index is 8.68. The van der Waals surface area contributed by atoms with Crippen LogP contribution in [-0.2, 0) is 12.8 Å². The predicted octanol–water partition coefficient (Wildman–Crippen LogP) is 2.03. The molecule has 0 aliphatic heterocycles. The molecule has 0 aromatic heterocycles. The SMILES string of the molecule is [CH2-]Cc1[c-]cc2c(c1)CC2C#N.[Yb+2]. The minimum atomic E-state index is 0. The third-order valence-electron chi connectivity index (χ3n) is 2.36. The van der Waals surface area contributed by atoms with Gasteiger partial charge in [-0.2, -0.15) is 41.0 Å². The van der Waals surface area contributed by atoms with E-state index in [4.69, 9.17) is 5.26 Å². The van der Waals surface area contributed by atoms with Crippen molar-refractivity contribution in [2.45, 2.75) is 18.8 Å². The van der Waals surface area contributed by atoms with Crippen LogP contribution in [-0.4, -0.2) is 0 Å². The van der Waals surface area contributed by atoms with E-state index in [2.05, 4.69) is 25.1 Å². The van der Waals surface area contributed by atoms with E-state index in [1.54, 1.807) is 0 Å². The Balaban J connectivity index is 0.000000845. The predicted molar refractivity (Wildman–Crippen MR) is 46.4 cm³/mol. The molecule has 2 rings (SSSR count). The maximum Gasteiger partial charge on any atom is 2.00 e. The molecule has 1 aliphatic carbocycles. The average molecular weight is 328 g/mol. The second kappa shape index (κ2) is 4.64. The first-order valence-corrected chi connectivity index (χ1v) is 4.07. The fourth-order valence-corrected chi connectivity index (χ4v) is 1.56. The third-order valence-corrected chi connectivity index (χ3v) is 2.36. The molecule has 0 bridgehead atoms. The zero-order valence-corrected chi connectivity index (χ0v) is 8.78. The Labute approximate surface area is 117 Å². The number of hydrogen-bond donors (Lipinski definition) is 0. The number of rotatable bonds is 1. The van der Waals surface area contributed by atoms with Crippen LogP contribution in [0.4, 0.5) is 0 Å². The van der Waals surface area contributed by atoms with Crippen LogP contribution in [0.5, 0.6) is 0 Å². The number of fused-ring (bicyclic) bond motifs is 1. The standard InChI is InChI=1S/C11H9N.Yb/c1-2-8-3-4-11-9(5-8)6-10(11)7-12;/h4-5,10H,1-2,6H2;/q-2;+2. The molecular formula is C11H9NYb. The van der Waals surface area contributed by atoms with Crippen molar-refractivity contribution in [3.63, 3.8) is 0 Å². The summed E-state index contributed by atoms with van der Waals surface area (Å²) < 4.78 is 0. The van der Waals surface area contributed by atoms with Gasteiger partial charge in [0.25, 0.3) is 0 Å². The molecule has 1 unspecified atom stereocenters. The van der Waals surface area contributed by atoms with E-state index in [1.165, 1.54) is 5.56 Å². The topological polar surface area (TPSA) is 23.8 Å². The van der Waals surface area contributed by atoms with Crippen LogP contribution in [0.2, 0.25) is 0 Å². The van der Waals surface area contributed by atoms with Crippen LogP contribution in [0.15, 0.2) is 12.1 Å². The Hall–Kier alpha value is 0.229. The Morgan fingerprint density at radius 3 is 3.00 bits per heavy atom. The monoisotopic (exact) mass is 329 g/mol. The number of nitriles is 1. The van der Waals surface area contributed by atoms with E-state index in [0.29, 0.717) is 0 Å². The first kappa shape index (κ1) is 11.3. The summed E-state index contributed by atoms with van der Waals surface area (Å²) in [5.41, 5.74) is 3.61. The van der Waals surface area contributed by atoms with E-state index in [1.807, 2.05) is 6.07 Å². The Morgan fingerprint density at radius 2 is 2.46 bits per heavy atom. The van der Waals surface area contributed by atoms with Crippen LogP contribution >= 0.6 is 0 Å². The summed E-state index contributed by atoms with van der Waals surface area (Å²) in [5, 5.41) is 8.68. The Morgan fingerprint density at radius 1 is 1.69 bits per heavy atom. The van der Waals surface area contributed by atoms with Gasteiger partial charge in [-0.05, 0) is 6.42 Å². The van der Waals surface area contributed by atoms with Crippen LogP contribution in [0, 0.1) is 71.2 Å². The van der Waals surface area contributed by atoms with Gasteiger partial charge in [0.15, 0.2) is 0 Å². The number of hydrogen-bond acceptors (Lipinski definition) is 1. The maximum absolute atomic E-state index is 8.68. The molecule has 0 saturated carbocycles. The van der Waals surface area contributed by atoms with E-state index < -0.39 is 0 Å². The molecule has 72 valence electrons. The van der Waals surface area contributed by atoms with Crippen LogP contribution in [0.3, 0.4) is 0 Å². The first-order chi connectivity index (χ1) is 5.85. The van der Waals surface area contributed by atoms with Gasteiger partial charge in [0.1, 0.15) is 0 Å². The van der Waals surface area contributed by atoms with E-state index in [9.17, 15) is 0 Å². The average Bonchev–Trinajstić information content (AvgIpc) is 2.07. The minimum Gasteiger partial charge on any atom is -0.341 e. The first-order valence-electron chi connectivity index (χ1n) is 4.07. The summed E-state index contributed by atoms with van der Waals surface area (Å²) in [4.78, 5) is 0. The van der Waals surface area contributed by atoms with Gasteiger partial charge < -0.3 is 6.92 Å². The quantitative estimate of drug-likeness (QED) is 0.724. The van der Waals surface area contributed by atoms with Crippen molar-refractivity contribution >= 4 is 0 Å². The van der Waals surface area contributed by atoms with Crippen molar-refractivity contribution in [1.29, 1.82) is 5.26 Å². The molecule has 1 aromatic rings. The van der Waals surface area contributed by atoms with Gasteiger partial charge in [-0.15, -0.1) is 5.56 Å². The van der Waals surface area contributed by atoms with Crippen LogP contribution < -0.4 is 0 Å². The van der Waals surface area contributed by atoms with Crippen molar-refractivity contribution in [3.05, 3.63) is 41.8 Å². The summed E-state index contributed by atoms with van der Waals surface area (Å²) in [6, 6.07) is 9.43. The molecule has 1 atom stereocenters. The van der Waals surface area contributed by atoms with Gasteiger partial charge in [-0.3, -0.25) is 0 Å². The van der Waals surface area contributed by atoms with Crippen molar-refractivity contribution in [2.75, 3.05) is 0 Å². The molecule has 2 heteroatoms. The van der Waals surface area contributed by atoms with Gasteiger partial charge >= 0.3 is 46.9 Å². The molecule has 13 heavy (non-hydrogen) atoms. The van der Waals surface area contributed by atoms with Gasteiger partial charge in [-0.1, -0.05) is 0 Å². The molecule has 1 aliphatic rings. The summed E-state index contributed by atoms with van der Waals surface area (Å²) in [6.07, 6.45) is 1.69. The van der Waals surface area contributed by atoms with Gasteiger partial charge in [0.2, 0.25) is 0 Å². The molecule has 0 heterocycles. The molecule has 0 fully saturated rings. The fraction of sp³-hybridized carbons (Fsp3) is 0.273. The molecule has 0 N–H and O–H groups in total. The second-order valence-corrected chi connectivity index (χ2v) is 3.07. The molecule has 0 radical (unpaired) electrons. The summed E-state index contributed by atoms with van der Waals surface area (Å²) in [7, 11) is 0. The summed E-state index contributed by atoms with van der Waals surface area (Å²) >= 11 is 0. The fourth-order valence-electron chi connectivity index (χ4n) is 1.56. The zero-order chi connectivity index (χ0) is 8.55. The van der Waals surface area contributed by atoms with E-state index >= 15 is 0 Å². The largest absolute Gasteiger partial charge is 2.00 e. The van der Waals surface area contributed by atoms with Crippen molar-refractivity contribution < 1.29 is 46.9 Å². The smallest absolute Gasteiger partial charge is 0.341 e. The number of benzene rings is 1. The molecule has 0 spiro atoms. The normalized spacial score (nSPS) is 17.7. The molecule has 0 saturated heterocycles. The minimum absolute atomic E-state index is 0.